The van der Waals surface area contributed by atoms with Crippen LogP contribution in [0.4, 0.5) is 24.8 Å². The van der Waals surface area contributed by atoms with Crippen molar-refractivity contribution >= 4 is 22.5 Å². The van der Waals surface area contributed by atoms with Gasteiger partial charge in [0.1, 0.15) is 17.3 Å². The van der Waals surface area contributed by atoms with Crippen molar-refractivity contribution in [1.82, 2.24) is 9.97 Å². The van der Waals surface area contributed by atoms with Gasteiger partial charge < -0.3 is 15.8 Å². The Balaban J connectivity index is 2.15. The van der Waals surface area contributed by atoms with Crippen molar-refractivity contribution in [3.05, 3.63) is 48.2 Å². The number of hydrogen-bond acceptors (Lipinski definition) is 5. The maximum Gasteiger partial charge on any atom is 0.433 e. The van der Waals surface area contributed by atoms with E-state index in [1.165, 1.54) is 13.2 Å². The highest BCUT2D eigenvalue weighted by Crippen LogP contribution is 2.36. The first-order chi connectivity index (χ1) is 12.8. The minimum Gasteiger partial charge on any atom is -0.383 e. The zero-order valence-corrected chi connectivity index (χ0v) is 14.8. The van der Waals surface area contributed by atoms with E-state index in [9.17, 15) is 13.2 Å². The van der Waals surface area contributed by atoms with Crippen LogP contribution in [0.2, 0.25) is 0 Å². The van der Waals surface area contributed by atoms with Gasteiger partial charge in [0.15, 0.2) is 0 Å². The Kier molecular flexibility index (Phi) is 5.18. The summed E-state index contributed by atoms with van der Waals surface area (Å²) in [6.45, 7) is 2.10. The van der Waals surface area contributed by atoms with Crippen LogP contribution in [0.3, 0.4) is 0 Å². The summed E-state index contributed by atoms with van der Waals surface area (Å²) < 4.78 is 44.4. The second kappa shape index (κ2) is 7.40. The van der Waals surface area contributed by atoms with Crippen LogP contribution in [0.1, 0.15) is 12.6 Å². The second-order valence-electron chi connectivity index (χ2n) is 6.21. The largest absolute Gasteiger partial charge is 0.433 e. The lowest BCUT2D eigenvalue weighted by molar-refractivity contribution is -0.141. The molecule has 3 N–H and O–H groups in total. The standard InChI is InChI=1S/C19H19F3N4O/c1-11(10-27-2)24-18-13(7-8-16(26-18)19(20,21)22)14-9-12-5-3-4-6-15(12)25-17(14)23/h3-9,11H,10H2,1-2H3,(H2,23,25)(H,24,26). The molecule has 1 unspecified atom stereocenters. The molecule has 0 fully saturated rings. The molecule has 1 atom stereocenters. The van der Waals surface area contributed by atoms with Crippen molar-refractivity contribution in [3.8, 4) is 11.1 Å². The number of nitrogens with one attached hydrogen (secondary N) is 1. The second-order valence-corrected chi connectivity index (χ2v) is 6.21. The third kappa shape index (κ3) is 4.11. The van der Waals surface area contributed by atoms with Crippen molar-refractivity contribution in [2.75, 3.05) is 24.8 Å². The summed E-state index contributed by atoms with van der Waals surface area (Å²) in [4.78, 5) is 8.14. The summed E-state index contributed by atoms with van der Waals surface area (Å²) in [7, 11) is 1.52. The number of nitrogens with zero attached hydrogens (tertiary/aromatic N) is 2. The third-order valence-corrected chi connectivity index (χ3v) is 4.03. The predicted octanol–water partition coefficient (Wildman–Crippen LogP) is 4.34. The number of fused-ring (bicyclic) bond motifs is 1. The van der Waals surface area contributed by atoms with E-state index in [4.69, 9.17) is 10.5 Å². The Morgan fingerprint density at radius 3 is 2.56 bits per heavy atom. The van der Waals surface area contributed by atoms with Crippen molar-refractivity contribution in [2.45, 2.75) is 19.1 Å². The van der Waals surface area contributed by atoms with Crippen LogP contribution in [0.15, 0.2) is 42.5 Å². The number of methoxy groups -OCH3 is 1. The molecule has 0 saturated carbocycles. The smallest absolute Gasteiger partial charge is 0.383 e. The number of para-hydroxylation sites is 1. The van der Waals surface area contributed by atoms with Crippen LogP contribution in [-0.2, 0) is 10.9 Å². The minimum absolute atomic E-state index is 0.0816. The zero-order valence-electron chi connectivity index (χ0n) is 14.8. The predicted molar refractivity (Wildman–Crippen MR) is 99.3 cm³/mol. The third-order valence-electron chi connectivity index (χ3n) is 4.03. The molecule has 8 heteroatoms. The van der Waals surface area contributed by atoms with Gasteiger partial charge in [0.2, 0.25) is 0 Å². The number of nitrogens with two attached hydrogens (primary N) is 1. The number of nitrogen functional groups attached to an aromatic ring is 1. The van der Waals surface area contributed by atoms with E-state index in [2.05, 4.69) is 15.3 Å². The van der Waals surface area contributed by atoms with Gasteiger partial charge in [-0.1, -0.05) is 18.2 Å². The SMILES string of the molecule is COCC(C)Nc1nc(C(F)(F)F)ccc1-c1cc2ccccc2nc1N. The number of hydrogen-bond donors (Lipinski definition) is 2. The first kappa shape index (κ1) is 18.9. The fourth-order valence-corrected chi connectivity index (χ4v) is 2.82. The number of ether oxygens (including phenoxy) is 1. The molecule has 0 radical (unpaired) electrons. The lowest BCUT2D eigenvalue weighted by Gasteiger charge is -2.19. The maximum absolute atomic E-state index is 13.1. The van der Waals surface area contributed by atoms with Crippen LogP contribution < -0.4 is 11.1 Å². The number of pyridine rings is 2. The monoisotopic (exact) mass is 376 g/mol. The molecule has 0 amide bonds. The number of alkyl halides is 3. The Morgan fingerprint density at radius 2 is 1.85 bits per heavy atom. The Labute approximate surface area is 154 Å². The van der Waals surface area contributed by atoms with Gasteiger partial charge in [-0.15, -0.1) is 0 Å². The van der Waals surface area contributed by atoms with Crippen molar-refractivity contribution in [3.63, 3.8) is 0 Å². The molecular formula is C19H19F3N4O. The van der Waals surface area contributed by atoms with Gasteiger partial charge in [-0.2, -0.15) is 13.2 Å². The summed E-state index contributed by atoms with van der Waals surface area (Å²) in [5.74, 6) is 0.302. The molecular weight excluding hydrogens is 357 g/mol. The summed E-state index contributed by atoms with van der Waals surface area (Å²) >= 11 is 0. The van der Waals surface area contributed by atoms with E-state index in [-0.39, 0.29) is 17.7 Å². The maximum atomic E-state index is 13.1. The van der Waals surface area contributed by atoms with Gasteiger partial charge in [0.25, 0.3) is 0 Å². The highest BCUT2D eigenvalue weighted by atomic mass is 19.4. The molecule has 3 rings (SSSR count). The summed E-state index contributed by atoms with van der Waals surface area (Å²) in [5.41, 5.74) is 6.78. The van der Waals surface area contributed by atoms with E-state index < -0.39 is 11.9 Å². The van der Waals surface area contributed by atoms with Crippen molar-refractivity contribution in [1.29, 1.82) is 0 Å². The van der Waals surface area contributed by atoms with Gasteiger partial charge in [-0.3, -0.25) is 0 Å². The molecule has 0 aliphatic carbocycles. The fourth-order valence-electron chi connectivity index (χ4n) is 2.82. The first-order valence-electron chi connectivity index (χ1n) is 8.29. The highest BCUT2D eigenvalue weighted by molar-refractivity contribution is 5.91. The van der Waals surface area contributed by atoms with E-state index in [1.54, 1.807) is 13.0 Å². The molecule has 0 aliphatic heterocycles. The molecule has 2 aromatic heterocycles. The number of aromatic nitrogens is 2. The van der Waals surface area contributed by atoms with E-state index >= 15 is 0 Å². The topological polar surface area (TPSA) is 73.1 Å². The molecule has 3 aromatic rings. The average Bonchev–Trinajstić information content (AvgIpc) is 2.60. The van der Waals surface area contributed by atoms with Gasteiger partial charge in [0, 0.05) is 29.7 Å². The molecule has 2 heterocycles. The van der Waals surface area contributed by atoms with Crippen LogP contribution >= 0.6 is 0 Å². The van der Waals surface area contributed by atoms with Crippen LogP contribution in [0, 0.1) is 0 Å². The Bertz CT molecular complexity index is 959. The first-order valence-corrected chi connectivity index (χ1v) is 8.29. The Morgan fingerprint density at radius 1 is 1.11 bits per heavy atom. The molecule has 27 heavy (non-hydrogen) atoms. The van der Waals surface area contributed by atoms with E-state index in [1.807, 2.05) is 24.3 Å². The fraction of sp³-hybridized carbons (Fsp3) is 0.263. The van der Waals surface area contributed by atoms with Crippen LogP contribution in [-0.4, -0.2) is 29.7 Å². The molecule has 0 bridgehead atoms. The normalized spacial score (nSPS) is 12.9. The van der Waals surface area contributed by atoms with E-state index in [0.29, 0.717) is 23.3 Å². The lowest BCUT2D eigenvalue weighted by atomic mass is 10.0. The summed E-state index contributed by atoms with van der Waals surface area (Å²) in [6.07, 6.45) is -4.55. The van der Waals surface area contributed by atoms with Gasteiger partial charge in [-0.25, -0.2) is 9.97 Å². The minimum atomic E-state index is -4.55. The summed E-state index contributed by atoms with van der Waals surface area (Å²) in [6, 6.07) is 11.2. The molecule has 0 saturated heterocycles. The molecule has 142 valence electrons. The van der Waals surface area contributed by atoms with Crippen LogP contribution in [0.5, 0.6) is 0 Å². The number of anilines is 2. The van der Waals surface area contributed by atoms with Crippen molar-refractivity contribution < 1.29 is 17.9 Å². The number of rotatable bonds is 5. The van der Waals surface area contributed by atoms with Gasteiger partial charge >= 0.3 is 6.18 Å². The lowest BCUT2D eigenvalue weighted by Crippen LogP contribution is -2.23. The number of halogens is 3. The number of benzene rings is 1. The molecule has 5 nitrogen and oxygen atoms in total. The average molecular weight is 376 g/mol. The van der Waals surface area contributed by atoms with Gasteiger partial charge in [0.05, 0.1) is 12.1 Å². The highest BCUT2D eigenvalue weighted by Gasteiger charge is 2.33. The summed E-state index contributed by atoms with van der Waals surface area (Å²) in [5, 5.41) is 3.81. The molecule has 1 aromatic carbocycles. The van der Waals surface area contributed by atoms with Gasteiger partial charge in [-0.05, 0) is 31.2 Å². The molecule has 0 aliphatic rings. The van der Waals surface area contributed by atoms with Crippen molar-refractivity contribution in [2.24, 2.45) is 0 Å². The quantitative estimate of drug-likeness (QED) is 0.693. The molecule has 0 spiro atoms. The van der Waals surface area contributed by atoms with E-state index in [0.717, 1.165) is 11.5 Å². The van der Waals surface area contributed by atoms with Crippen LogP contribution in [0.25, 0.3) is 22.0 Å². The Hall–Kier alpha value is -2.87. The zero-order chi connectivity index (χ0) is 19.6.